The summed E-state index contributed by atoms with van der Waals surface area (Å²) in [5, 5.41) is 2.36. The van der Waals surface area contributed by atoms with E-state index in [0.717, 1.165) is 12.0 Å². The maximum absolute atomic E-state index is 6.14. The Kier molecular flexibility index (Phi) is 2.98. The lowest BCUT2D eigenvalue weighted by Gasteiger charge is -2.29. The molecule has 0 aromatic carbocycles. The van der Waals surface area contributed by atoms with Crippen molar-refractivity contribution < 1.29 is 4.84 Å². The van der Waals surface area contributed by atoms with Crippen molar-refractivity contribution in [1.82, 2.24) is 5.06 Å². The van der Waals surface area contributed by atoms with Crippen LogP contribution in [0.3, 0.4) is 0 Å². The van der Waals surface area contributed by atoms with E-state index in [9.17, 15) is 0 Å². The zero-order chi connectivity index (χ0) is 10.1. The SMILES string of the molecule is C1CCC(N2CC3CCCCC3O2)CC1. The molecular formula is C13H23NO. The number of hydrogen-bond donors (Lipinski definition) is 0. The van der Waals surface area contributed by atoms with Gasteiger partial charge in [-0.05, 0) is 25.7 Å². The molecule has 3 fully saturated rings. The molecule has 0 aromatic rings. The molecule has 2 aliphatic carbocycles. The smallest absolute Gasteiger partial charge is 0.0834 e. The number of nitrogens with zero attached hydrogens (tertiary/aromatic N) is 1. The van der Waals surface area contributed by atoms with Crippen LogP contribution in [0, 0.1) is 5.92 Å². The summed E-state index contributed by atoms with van der Waals surface area (Å²) < 4.78 is 0. The van der Waals surface area contributed by atoms with Gasteiger partial charge in [0.2, 0.25) is 0 Å². The van der Waals surface area contributed by atoms with Crippen LogP contribution in [0.15, 0.2) is 0 Å². The number of fused-ring (bicyclic) bond motifs is 1. The maximum atomic E-state index is 6.14. The van der Waals surface area contributed by atoms with Crippen LogP contribution in [0.1, 0.15) is 57.8 Å². The van der Waals surface area contributed by atoms with Gasteiger partial charge in [0, 0.05) is 18.5 Å². The predicted molar refractivity (Wildman–Crippen MR) is 60.4 cm³/mol. The van der Waals surface area contributed by atoms with Gasteiger partial charge < -0.3 is 0 Å². The minimum Gasteiger partial charge on any atom is -0.295 e. The van der Waals surface area contributed by atoms with Crippen LogP contribution >= 0.6 is 0 Å². The van der Waals surface area contributed by atoms with Gasteiger partial charge in [0.25, 0.3) is 0 Å². The predicted octanol–water partition coefficient (Wildman–Crippen LogP) is 3.13. The Labute approximate surface area is 92.9 Å². The van der Waals surface area contributed by atoms with Crippen LogP contribution < -0.4 is 0 Å². The van der Waals surface area contributed by atoms with Crippen LogP contribution in [-0.2, 0) is 4.84 Å². The minimum absolute atomic E-state index is 0.584. The zero-order valence-electron chi connectivity index (χ0n) is 9.66. The molecular weight excluding hydrogens is 186 g/mol. The average Bonchev–Trinajstić information content (AvgIpc) is 2.74. The third-order valence-corrected chi connectivity index (χ3v) is 4.51. The molecule has 2 unspecified atom stereocenters. The highest BCUT2D eigenvalue weighted by atomic mass is 16.7. The Balaban J connectivity index is 1.59. The van der Waals surface area contributed by atoms with Crippen LogP contribution in [-0.4, -0.2) is 23.8 Å². The van der Waals surface area contributed by atoms with E-state index in [-0.39, 0.29) is 0 Å². The van der Waals surface area contributed by atoms with Crippen LogP contribution in [0.25, 0.3) is 0 Å². The zero-order valence-corrected chi connectivity index (χ0v) is 9.66. The maximum Gasteiger partial charge on any atom is 0.0834 e. The lowest BCUT2D eigenvalue weighted by Crippen LogP contribution is -2.34. The normalized spacial score (nSPS) is 39.2. The van der Waals surface area contributed by atoms with Gasteiger partial charge in [-0.15, -0.1) is 0 Å². The second-order valence-electron chi connectivity index (χ2n) is 5.58. The molecule has 3 aliphatic rings. The van der Waals surface area contributed by atoms with E-state index >= 15 is 0 Å². The van der Waals surface area contributed by atoms with E-state index < -0.39 is 0 Å². The summed E-state index contributed by atoms with van der Waals surface area (Å²) in [5.41, 5.74) is 0. The molecule has 15 heavy (non-hydrogen) atoms. The molecule has 2 saturated carbocycles. The van der Waals surface area contributed by atoms with Gasteiger partial charge in [-0.25, -0.2) is 0 Å². The minimum atomic E-state index is 0.584. The summed E-state index contributed by atoms with van der Waals surface area (Å²) in [6.45, 7) is 1.23. The van der Waals surface area contributed by atoms with Gasteiger partial charge in [0.05, 0.1) is 6.10 Å². The second-order valence-corrected chi connectivity index (χ2v) is 5.58. The van der Waals surface area contributed by atoms with E-state index in [4.69, 9.17) is 4.84 Å². The van der Waals surface area contributed by atoms with Gasteiger partial charge in [0.1, 0.15) is 0 Å². The molecule has 1 heterocycles. The molecule has 0 spiro atoms. The van der Waals surface area contributed by atoms with E-state index in [1.54, 1.807) is 0 Å². The van der Waals surface area contributed by atoms with Crippen molar-refractivity contribution in [3.05, 3.63) is 0 Å². The van der Waals surface area contributed by atoms with E-state index in [2.05, 4.69) is 5.06 Å². The Morgan fingerprint density at radius 2 is 1.53 bits per heavy atom. The van der Waals surface area contributed by atoms with E-state index in [0.29, 0.717) is 6.10 Å². The highest BCUT2D eigenvalue weighted by Gasteiger charge is 2.38. The average molecular weight is 209 g/mol. The van der Waals surface area contributed by atoms with Crippen molar-refractivity contribution in [2.45, 2.75) is 69.9 Å². The molecule has 0 bridgehead atoms. The standard InChI is InChI=1S/C13H23NO/c1-2-7-12(8-3-1)14-10-11-6-4-5-9-13(11)15-14/h11-13H,1-10H2. The number of rotatable bonds is 1. The van der Waals surface area contributed by atoms with E-state index in [1.807, 2.05) is 0 Å². The summed E-state index contributed by atoms with van der Waals surface area (Å²) in [5.74, 6) is 0.862. The van der Waals surface area contributed by atoms with Crippen molar-refractivity contribution in [3.8, 4) is 0 Å². The highest BCUT2D eigenvalue weighted by Crippen LogP contribution is 2.36. The van der Waals surface area contributed by atoms with Crippen LogP contribution in [0.5, 0.6) is 0 Å². The molecule has 0 radical (unpaired) electrons. The first-order valence-corrected chi connectivity index (χ1v) is 6.87. The molecule has 86 valence electrons. The van der Waals surface area contributed by atoms with Crippen molar-refractivity contribution >= 4 is 0 Å². The fourth-order valence-corrected chi connectivity index (χ4v) is 3.57. The van der Waals surface area contributed by atoms with Gasteiger partial charge >= 0.3 is 0 Å². The fraction of sp³-hybridized carbons (Fsp3) is 1.00. The summed E-state index contributed by atoms with van der Waals surface area (Å²) in [4.78, 5) is 6.14. The lowest BCUT2D eigenvalue weighted by atomic mass is 9.87. The number of hydrogen-bond acceptors (Lipinski definition) is 2. The molecule has 3 rings (SSSR count). The van der Waals surface area contributed by atoms with Crippen molar-refractivity contribution in [2.24, 2.45) is 5.92 Å². The highest BCUT2D eigenvalue weighted by molar-refractivity contribution is 4.84. The lowest BCUT2D eigenvalue weighted by molar-refractivity contribution is -0.181. The number of hydroxylamine groups is 2. The van der Waals surface area contributed by atoms with Crippen LogP contribution in [0.4, 0.5) is 0 Å². The van der Waals surface area contributed by atoms with Crippen molar-refractivity contribution in [2.75, 3.05) is 6.54 Å². The second kappa shape index (κ2) is 4.42. The molecule has 1 aliphatic heterocycles. The van der Waals surface area contributed by atoms with E-state index in [1.165, 1.54) is 64.3 Å². The van der Waals surface area contributed by atoms with Gasteiger partial charge in [-0.2, -0.15) is 5.06 Å². The Bertz CT molecular complexity index is 199. The Morgan fingerprint density at radius 1 is 0.800 bits per heavy atom. The van der Waals surface area contributed by atoms with Crippen molar-refractivity contribution in [3.63, 3.8) is 0 Å². The summed E-state index contributed by atoms with van der Waals surface area (Å²) in [7, 11) is 0. The van der Waals surface area contributed by atoms with Crippen molar-refractivity contribution in [1.29, 1.82) is 0 Å². The molecule has 0 N–H and O–H groups in total. The third-order valence-electron chi connectivity index (χ3n) is 4.51. The molecule has 2 nitrogen and oxygen atoms in total. The quantitative estimate of drug-likeness (QED) is 0.658. The van der Waals surface area contributed by atoms with Gasteiger partial charge in [0.15, 0.2) is 0 Å². The largest absolute Gasteiger partial charge is 0.295 e. The molecule has 2 heteroatoms. The fourth-order valence-electron chi connectivity index (χ4n) is 3.57. The van der Waals surface area contributed by atoms with Crippen LogP contribution in [0.2, 0.25) is 0 Å². The van der Waals surface area contributed by atoms with Gasteiger partial charge in [-0.1, -0.05) is 32.1 Å². The molecule has 1 saturated heterocycles. The molecule has 0 amide bonds. The summed E-state index contributed by atoms with van der Waals surface area (Å²) >= 11 is 0. The first-order valence-electron chi connectivity index (χ1n) is 6.87. The Morgan fingerprint density at radius 3 is 2.33 bits per heavy atom. The van der Waals surface area contributed by atoms with Gasteiger partial charge in [-0.3, -0.25) is 4.84 Å². The summed E-state index contributed by atoms with van der Waals surface area (Å²) in [6, 6.07) is 0.754. The Hall–Kier alpha value is -0.0800. The first kappa shape index (κ1) is 10.1. The summed E-state index contributed by atoms with van der Waals surface area (Å²) in [6.07, 6.45) is 13.2. The third kappa shape index (κ3) is 2.07. The first-order chi connectivity index (χ1) is 7.43. The molecule has 0 aromatic heterocycles. The monoisotopic (exact) mass is 209 g/mol. The topological polar surface area (TPSA) is 12.5 Å². The molecule has 2 atom stereocenters.